The first-order chi connectivity index (χ1) is 15.9. The molecule has 7 heteroatoms. The Bertz CT molecular complexity index is 1600. The molecule has 0 fully saturated rings. The number of aryl methyl sites for hydroxylation is 1. The molecule has 0 aliphatic rings. The monoisotopic (exact) mass is 502 g/mol. The first kappa shape index (κ1) is 21.3. The van der Waals surface area contributed by atoms with E-state index in [4.69, 9.17) is 0 Å². The minimum atomic E-state index is -0.252. The number of fused-ring (bicyclic) bond motifs is 2. The van der Waals surface area contributed by atoms with Gasteiger partial charge in [-0.15, -0.1) is 0 Å². The lowest BCUT2D eigenvalue weighted by atomic mass is 10.1. The van der Waals surface area contributed by atoms with Gasteiger partial charge in [0, 0.05) is 33.2 Å². The highest BCUT2D eigenvalue weighted by molar-refractivity contribution is 9.10. The van der Waals surface area contributed by atoms with Gasteiger partial charge in [-0.1, -0.05) is 46.3 Å². The summed E-state index contributed by atoms with van der Waals surface area (Å²) in [5.74, 6) is 0.260. The molecule has 0 atom stereocenters. The number of benzene rings is 3. The van der Waals surface area contributed by atoms with E-state index in [9.17, 15) is 9.18 Å². The van der Waals surface area contributed by atoms with Gasteiger partial charge in [0.05, 0.1) is 17.1 Å². The van der Waals surface area contributed by atoms with Crippen LogP contribution < -0.4 is 5.56 Å². The molecule has 3 aromatic carbocycles. The molecule has 0 spiro atoms. The summed E-state index contributed by atoms with van der Waals surface area (Å²) in [7, 11) is 0. The third-order valence-electron chi connectivity index (χ3n) is 5.81. The Morgan fingerprint density at radius 2 is 1.79 bits per heavy atom. The molecule has 5 aromatic rings. The minimum absolute atomic E-state index is 0.220. The van der Waals surface area contributed by atoms with Crippen molar-refractivity contribution in [1.29, 1.82) is 0 Å². The van der Waals surface area contributed by atoms with Crippen molar-refractivity contribution in [2.75, 3.05) is 0 Å². The maximum absolute atomic E-state index is 13.3. The molecule has 0 N–H and O–H groups in total. The third-order valence-corrected chi connectivity index (χ3v) is 6.30. The molecule has 2 heterocycles. The summed E-state index contributed by atoms with van der Waals surface area (Å²) in [6.07, 6.45) is 1.72. The first-order valence-electron chi connectivity index (χ1n) is 10.5. The zero-order valence-electron chi connectivity index (χ0n) is 18.1. The van der Waals surface area contributed by atoms with E-state index in [-0.39, 0.29) is 11.4 Å². The lowest BCUT2D eigenvalue weighted by Gasteiger charge is -2.09. The molecule has 2 aromatic heterocycles. The van der Waals surface area contributed by atoms with Crippen LogP contribution in [0.15, 0.2) is 81.1 Å². The number of rotatable bonds is 4. The van der Waals surface area contributed by atoms with Gasteiger partial charge in [0.25, 0.3) is 5.56 Å². The molecule has 5 nitrogen and oxygen atoms in total. The van der Waals surface area contributed by atoms with Crippen LogP contribution in [0.4, 0.5) is 4.39 Å². The Labute approximate surface area is 197 Å². The Hall–Kier alpha value is -3.58. The third kappa shape index (κ3) is 3.89. The Morgan fingerprint density at radius 1 is 1.03 bits per heavy atom. The van der Waals surface area contributed by atoms with Crippen LogP contribution in [0.5, 0.6) is 0 Å². The van der Waals surface area contributed by atoms with Gasteiger partial charge in [-0.25, -0.2) is 9.37 Å². The van der Waals surface area contributed by atoms with Crippen LogP contribution in [0.1, 0.15) is 22.6 Å². The number of para-hydroxylation sites is 1. The second kappa shape index (κ2) is 8.41. The molecule has 0 saturated carbocycles. The maximum Gasteiger partial charge on any atom is 0.282 e. The minimum Gasteiger partial charge on any atom is -0.340 e. The van der Waals surface area contributed by atoms with Crippen LogP contribution in [-0.4, -0.2) is 20.4 Å². The molecule has 5 rings (SSSR count). The molecule has 0 unspecified atom stereocenters. The van der Waals surface area contributed by atoms with Crippen LogP contribution in [-0.2, 0) is 6.54 Å². The standard InChI is InChI=1S/C26H20BrFN4O/c1-16-23(14-29-32-17(2)30-24-12-9-19(27)13-22(24)26(32)33)21-5-3-4-6-25(21)31(16)15-18-7-10-20(28)11-8-18/h3-14H,15H2,1-2H3. The van der Waals surface area contributed by atoms with Crippen molar-refractivity contribution in [1.82, 2.24) is 14.2 Å². The lowest BCUT2D eigenvalue weighted by molar-refractivity contribution is 0.626. The van der Waals surface area contributed by atoms with Crippen molar-refractivity contribution < 1.29 is 4.39 Å². The van der Waals surface area contributed by atoms with Crippen molar-refractivity contribution in [3.8, 4) is 0 Å². The fraction of sp³-hybridized carbons (Fsp3) is 0.115. The van der Waals surface area contributed by atoms with Crippen molar-refractivity contribution in [2.45, 2.75) is 20.4 Å². The van der Waals surface area contributed by atoms with Gasteiger partial charge in [-0.2, -0.15) is 9.78 Å². The van der Waals surface area contributed by atoms with Crippen LogP contribution >= 0.6 is 15.9 Å². The van der Waals surface area contributed by atoms with Gasteiger partial charge >= 0.3 is 0 Å². The fourth-order valence-corrected chi connectivity index (χ4v) is 4.47. The number of hydrogen-bond acceptors (Lipinski definition) is 3. The summed E-state index contributed by atoms with van der Waals surface area (Å²) in [4.78, 5) is 17.6. The van der Waals surface area contributed by atoms with E-state index < -0.39 is 0 Å². The van der Waals surface area contributed by atoms with Gasteiger partial charge in [0.15, 0.2) is 0 Å². The zero-order valence-corrected chi connectivity index (χ0v) is 19.7. The summed E-state index contributed by atoms with van der Waals surface area (Å²) < 4.78 is 17.7. The van der Waals surface area contributed by atoms with E-state index in [0.29, 0.717) is 23.3 Å². The van der Waals surface area contributed by atoms with Crippen molar-refractivity contribution in [3.63, 3.8) is 0 Å². The highest BCUT2D eigenvalue weighted by atomic mass is 79.9. The average molecular weight is 503 g/mol. The Balaban J connectivity index is 1.62. The quantitative estimate of drug-likeness (QED) is 0.291. The van der Waals surface area contributed by atoms with Crippen molar-refractivity contribution >= 4 is 44.0 Å². The predicted molar refractivity (Wildman–Crippen MR) is 134 cm³/mol. The normalized spacial score (nSPS) is 11.8. The molecule has 164 valence electrons. The molecule has 0 bridgehead atoms. The highest BCUT2D eigenvalue weighted by Gasteiger charge is 2.14. The van der Waals surface area contributed by atoms with Gasteiger partial charge < -0.3 is 4.57 Å². The Morgan fingerprint density at radius 3 is 2.58 bits per heavy atom. The van der Waals surface area contributed by atoms with E-state index >= 15 is 0 Å². The number of aromatic nitrogens is 3. The van der Waals surface area contributed by atoms with Crippen LogP contribution in [0.25, 0.3) is 21.8 Å². The van der Waals surface area contributed by atoms with Gasteiger partial charge in [-0.3, -0.25) is 4.79 Å². The first-order valence-corrected chi connectivity index (χ1v) is 11.3. The molecule has 0 aliphatic heterocycles. The van der Waals surface area contributed by atoms with Gasteiger partial charge in [0.1, 0.15) is 11.6 Å². The predicted octanol–water partition coefficient (Wildman–Crippen LogP) is 5.80. The second-order valence-electron chi connectivity index (χ2n) is 7.91. The summed E-state index contributed by atoms with van der Waals surface area (Å²) in [6.45, 7) is 4.39. The molecule has 33 heavy (non-hydrogen) atoms. The molecular formula is C26H20BrFN4O. The molecule has 0 radical (unpaired) electrons. The highest BCUT2D eigenvalue weighted by Crippen LogP contribution is 2.26. The number of hydrogen-bond donors (Lipinski definition) is 0. The summed E-state index contributed by atoms with van der Waals surface area (Å²) >= 11 is 3.42. The second-order valence-corrected chi connectivity index (χ2v) is 8.83. The Kier molecular flexibility index (Phi) is 5.42. The summed E-state index contributed by atoms with van der Waals surface area (Å²) in [5.41, 5.74) is 4.40. The molecule has 0 saturated heterocycles. The molecule has 0 aliphatic carbocycles. The van der Waals surface area contributed by atoms with E-state index in [1.165, 1.54) is 16.8 Å². The van der Waals surface area contributed by atoms with Crippen molar-refractivity contribution in [2.24, 2.45) is 5.10 Å². The van der Waals surface area contributed by atoms with E-state index in [0.717, 1.165) is 32.2 Å². The van der Waals surface area contributed by atoms with E-state index in [1.54, 1.807) is 31.3 Å². The van der Waals surface area contributed by atoms with Crippen molar-refractivity contribution in [3.05, 3.63) is 110 Å². The van der Waals surface area contributed by atoms with E-state index in [1.807, 2.05) is 37.3 Å². The average Bonchev–Trinajstić information content (AvgIpc) is 3.07. The molecular weight excluding hydrogens is 483 g/mol. The molecule has 0 amide bonds. The largest absolute Gasteiger partial charge is 0.340 e. The number of halogens is 2. The van der Waals surface area contributed by atoms with Crippen LogP contribution in [0.2, 0.25) is 0 Å². The summed E-state index contributed by atoms with van der Waals surface area (Å²) in [5, 5.41) is 6.07. The fourth-order valence-electron chi connectivity index (χ4n) is 4.11. The van der Waals surface area contributed by atoms with Gasteiger partial charge in [-0.05, 0) is 55.8 Å². The lowest BCUT2D eigenvalue weighted by Crippen LogP contribution is -2.20. The van der Waals surface area contributed by atoms with Gasteiger partial charge in [0.2, 0.25) is 0 Å². The smallest absolute Gasteiger partial charge is 0.282 e. The zero-order chi connectivity index (χ0) is 23.1. The van der Waals surface area contributed by atoms with E-state index in [2.05, 4.69) is 36.6 Å². The van der Waals surface area contributed by atoms with Crippen LogP contribution in [0.3, 0.4) is 0 Å². The maximum atomic E-state index is 13.3. The summed E-state index contributed by atoms with van der Waals surface area (Å²) in [6, 6.07) is 20.0. The van der Waals surface area contributed by atoms with Crippen LogP contribution in [0, 0.1) is 19.7 Å². The number of nitrogens with zero attached hydrogens (tertiary/aromatic N) is 4. The topological polar surface area (TPSA) is 52.2 Å². The SMILES string of the molecule is Cc1nc2ccc(Br)cc2c(=O)n1N=Cc1c(C)n(Cc2ccc(F)cc2)c2ccccc12.